The average molecular weight is 417 g/mol. The summed E-state index contributed by atoms with van der Waals surface area (Å²) in [5, 5.41) is 8.11. The molecule has 0 atom stereocenters. The highest BCUT2D eigenvalue weighted by Gasteiger charge is 2.16. The number of hydrogen-bond acceptors (Lipinski definition) is 3. The molecule has 0 aliphatic heterocycles. The van der Waals surface area contributed by atoms with Crippen molar-refractivity contribution in [2.45, 2.75) is 0 Å². The number of fused-ring (bicyclic) bond motifs is 1. The Balaban J connectivity index is 1.62. The number of furan rings is 1. The molecule has 0 saturated carbocycles. The van der Waals surface area contributed by atoms with Gasteiger partial charge >= 0.3 is 0 Å². The third-order valence-corrected chi connectivity index (χ3v) is 4.68. The molecule has 30 heavy (non-hydrogen) atoms. The van der Waals surface area contributed by atoms with E-state index in [0.717, 1.165) is 10.8 Å². The summed E-state index contributed by atoms with van der Waals surface area (Å²) in [6, 6.07) is 23.5. The lowest BCUT2D eigenvalue weighted by Crippen LogP contribution is -2.30. The van der Waals surface area contributed by atoms with Gasteiger partial charge in [0.1, 0.15) is 5.70 Å². The minimum absolute atomic E-state index is 0.0758. The molecule has 0 bridgehead atoms. The van der Waals surface area contributed by atoms with Gasteiger partial charge in [-0.05, 0) is 58.8 Å². The molecule has 0 spiro atoms. The Morgan fingerprint density at radius 3 is 2.37 bits per heavy atom. The predicted molar refractivity (Wildman–Crippen MR) is 118 cm³/mol. The monoisotopic (exact) mass is 416 g/mol. The first-order chi connectivity index (χ1) is 14.6. The largest absolute Gasteiger partial charge is 0.459 e. The van der Waals surface area contributed by atoms with Gasteiger partial charge in [0, 0.05) is 10.7 Å². The van der Waals surface area contributed by atoms with Crippen molar-refractivity contribution in [3.63, 3.8) is 0 Å². The molecule has 5 nitrogen and oxygen atoms in total. The van der Waals surface area contributed by atoms with Crippen LogP contribution in [0.1, 0.15) is 16.1 Å². The highest BCUT2D eigenvalue weighted by atomic mass is 35.5. The fourth-order valence-corrected chi connectivity index (χ4v) is 3.07. The average Bonchev–Trinajstić information content (AvgIpc) is 3.30. The Kier molecular flexibility index (Phi) is 5.63. The molecular formula is C24H17ClN2O3. The molecule has 6 heteroatoms. The molecule has 1 aromatic heterocycles. The zero-order valence-corrected chi connectivity index (χ0v) is 16.5. The Morgan fingerprint density at radius 1 is 0.867 bits per heavy atom. The topological polar surface area (TPSA) is 71.3 Å². The number of nitrogens with one attached hydrogen (secondary N) is 2. The van der Waals surface area contributed by atoms with Gasteiger partial charge in [-0.15, -0.1) is 0 Å². The van der Waals surface area contributed by atoms with Crippen LogP contribution in [0, 0.1) is 0 Å². The lowest BCUT2D eigenvalue weighted by Gasteiger charge is -2.11. The number of rotatable bonds is 5. The van der Waals surface area contributed by atoms with E-state index in [9.17, 15) is 9.59 Å². The van der Waals surface area contributed by atoms with Crippen LogP contribution < -0.4 is 10.6 Å². The van der Waals surface area contributed by atoms with E-state index in [1.54, 1.807) is 36.4 Å². The summed E-state index contributed by atoms with van der Waals surface area (Å²) in [5.74, 6) is -0.871. The molecular weight excluding hydrogens is 400 g/mol. The van der Waals surface area contributed by atoms with Gasteiger partial charge in [-0.25, -0.2) is 0 Å². The van der Waals surface area contributed by atoms with Crippen molar-refractivity contribution >= 4 is 46.0 Å². The minimum Gasteiger partial charge on any atom is -0.459 e. The number of benzene rings is 3. The van der Waals surface area contributed by atoms with Gasteiger partial charge in [0.15, 0.2) is 5.76 Å². The van der Waals surface area contributed by atoms with Crippen LogP contribution in [-0.4, -0.2) is 11.8 Å². The summed E-state index contributed by atoms with van der Waals surface area (Å²) in [5.41, 5.74) is 1.41. The van der Waals surface area contributed by atoms with Crippen LogP contribution in [0.2, 0.25) is 5.02 Å². The normalized spacial score (nSPS) is 11.3. The van der Waals surface area contributed by atoms with Crippen molar-refractivity contribution in [2.24, 2.45) is 0 Å². The Morgan fingerprint density at radius 2 is 1.63 bits per heavy atom. The van der Waals surface area contributed by atoms with Gasteiger partial charge in [-0.1, -0.05) is 54.1 Å². The maximum absolute atomic E-state index is 13.0. The second kappa shape index (κ2) is 8.68. The Labute approximate surface area is 178 Å². The van der Waals surface area contributed by atoms with Crippen molar-refractivity contribution < 1.29 is 14.0 Å². The molecule has 3 aromatic carbocycles. The summed E-state index contributed by atoms with van der Waals surface area (Å²) in [4.78, 5) is 25.4. The van der Waals surface area contributed by atoms with E-state index in [2.05, 4.69) is 10.6 Å². The fraction of sp³-hybridized carbons (Fsp3) is 0. The van der Waals surface area contributed by atoms with Crippen molar-refractivity contribution in [1.29, 1.82) is 0 Å². The highest BCUT2D eigenvalue weighted by Crippen LogP contribution is 2.20. The minimum atomic E-state index is -0.520. The molecule has 4 aromatic rings. The van der Waals surface area contributed by atoms with Crippen molar-refractivity contribution in [1.82, 2.24) is 5.32 Å². The molecule has 0 aliphatic rings. The van der Waals surface area contributed by atoms with E-state index < -0.39 is 11.8 Å². The third-order valence-electron chi connectivity index (χ3n) is 4.43. The molecule has 4 rings (SSSR count). The number of carbonyl (C=O) groups excluding carboxylic acids is 2. The van der Waals surface area contributed by atoms with Gasteiger partial charge in [-0.2, -0.15) is 0 Å². The third kappa shape index (κ3) is 4.59. The zero-order chi connectivity index (χ0) is 20.9. The second-order valence-corrected chi connectivity index (χ2v) is 6.99. The standard InChI is InChI=1S/C24H17ClN2O3/c25-19-10-7-16(8-11-19)14-21(27-24(29)22-6-3-13-30-22)23(28)26-20-12-9-17-4-1-2-5-18(17)15-20/h1-15H,(H,26,28)(H,27,29)/b21-14+. The molecule has 2 amide bonds. The van der Waals surface area contributed by atoms with Gasteiger partial charge in [0.25, 0.3) is 11.8 Å². The first-order valence-electron chi connectivity index (χ1n) is 9.21. The lowest BCUT2D eigenvalue weighted by atomic mass is 10.1. The first-order valence-corrected chi connectivity index (χ1v) is 9.58. The molecule has 0 aliphatic carbocycles. The lowest BCUT2D eigenvalue weighted by molar-refractivity contribution is -0.113. The maximum Gasteiger partial charge on any atom is 0.291 e. The van der Waals surface area contributed by atoms with Crippen molar-refractivity contribution in [3.05, 3.63) is 107 Å². The van der Waals surface area contributed by atoms with Crippen LogP contribution >= 0.6 is 11.6 Å². The number of hydrogen-bond donors (Lipinski definition) is 2. The number of anilines is 1. The van der Waals surface area contributed by atoms with E-state index in [-0.39, 0.29) is 11.5 Å². The van der Waals surface area contributed by atoms with E-state index in [4.69, 9.17) is 16.0 Å². The van der Waals surface area contributed by atoms with Crippen LogP contribution in [0.5, 0.6) is 0 Å². The Bertz CT molecular complexity index is 1230. The highest BCUT2D eigenvalue weighted by molar-refractivity contribution is 6.30. The molecule has 2 N–H and O–H groups in total. The fourth-order valence-electron chi connectivity index (χ4n) is 2.94. The van der Waals surface area contributed by atoms with E-state index in [0.29, 0.717) is 16.3 Å². The first kappa shape index (κ1) is 19.5. The smallest absolute Gasteiger partial charge is 0.291 e. The predicted octanol–water partition coefficient (Wildman–Crippen LogP) is 5.50. The SMILES string of the molecule is O=C(Nc1ccc2ccccc2c1)/C(=C\c1ccc(Cl)cc1)NC(=O)c1ccco1. The number of halogens is 1. The molecule has 0 fully saturated rings. The quantitative estimate of drug-likeness (QED) is 0.422. The van der Waals surface area contributed by atoms with Crippen molar-refractivity contribution in [3.8, 4) is 0 Å². The van der Waals surface area contributed by atoms with Gasteiger partial charge in [0.2, 0.25) is 0 Å². The summed E-state index contributed by atoms with van der Waals surface area (Å²) in [7, 11) is 0. The van der Waals surface area contributed by atoms with Crippen LogP contribution in [-0.2, 0) is 4.79 Å². The second-order valence-electron chi connectivity index (χ2n) is 6.56. The molecule has 1 heterocycles. The van der Waals surface area contributed by atoms with Crippen LogP contribution in [0.4, 0.5) is 5.69 Å². The van der Waals surface area contributed by atoms with Gasteiger partial charge in [-0.3, -0.25) is 9.59 Å². The summed E-state index contributed by atoms with van der Waals surface area (Å²) >= 11 is 5.94. The van der Waals surface area contributed by atoms with Crippen LogP contribution in [0.25, 0.3) is 16.8 Å². The Hall–Kier alpha value is -3.83. The molecule has 0 saturated heterocycles. The number of carbonyl (C=O) groups is 2. The molecule has 148 valence electrons. The maximum atomic E-state index is 13.0. The summed E-state index contributed by atoms with van der Waals surface area (Å²) in [6.45, 7) is 0. The zero-order valence-electron chi connectivity index (χ0n) is 15.8. The van der Waals surface area contributed by atoms with E-state index in [1.807, 2.05) is 42.5 Å². The molecule has 0 radical (unpaired) electrons. The summed E-state index contributed by atoms with van der Waals surface area (Å²) < 4.78 is 5.12. The van der Waals surface area contributed by atoms with E-state index in [1.165, 1.54) is 12.3 Å². The van der Waals surface area contributed by atoms with E-state index >= 15 is 0 Å². The van der Waals surface area contributed by atoms with Crippen molar-refractivity contribution in [2.75, 3.05) is 5.32 Å². The van der Waals surface area contributed by atoms with Gasteiger partial charge in [0.05, 0.1) is 6.26 Å². The number of amides is 2. The molecule has 0 unspecified atom stereocenters. The summed E-state index contributed by atoms with van der Waals surface area (Å²) in [6.07, 6.45) is 2.97. The van der Waals surface area contributed by atoms with Crippen LogP contribution in [0.15, 0.2) is 95.2 Å². The van der Waals surface area contributed by atoms with Crippen LogP contribution in [0.3, 0.4) is 0 Å². The van der Waals surface area contributed by atoms with Gasteiger partial charge < -0.3 is 15.1 Å².